The topological polar surface area (TPSA) is 27.7 Å². The van der Waals surface area contributed by atoms with Gasteiger partial charge in [0.05, 0.1) is 16.2 Å². The van der Waals surface area contributed by atoms with Crippen LogP contribution in [0.15, 0.2) is 0 Å². The van der Waals surface area contributed by atoms with Gasteiger partial charge in [0.15, 0.2) is 0 Å². The predicted octanol–water partition coefficient (Wildman–Crippen LogP) is 8.42. The molecular formula is C21H45O3P3. The zero-order valence-electron chi connectivity index (χ0n) is 19.9. The smallest absolute Gasteiger partial charge is 0.0540 e. The maximum atomic E-state index is 6.61. The third kappa shape index (κ3) is 6.32. The van der Waals surface area contributed by atoms with Crippen LogP contribution in [0.5, 0.6) is 0 Å². The summed E-state index contributed by atoms with van der Waals surface area (Å²) in [6.07, 6.45) is 0. The van der Waals surface area contributed by atoms with Crippen LogP contribution in [0.2, 0.25) is 0 Å². The Morgan fingerprint density at radius 1 is 0.481 bits per heavy atom. The van der Waals surface area contributed by atoms with Gasteiger partial charge >= 0.3 is 0 Å². The van der Waals surface area contributed by atoms with E-state index < -0.39 is 24.4 Å². The van der Waals surface area contributed by atoms with Crippen molar-refractivity contribution < 1.29 is 13.6 Å². The van der Waals surface area contributed by atoms with Crippen molar-refractivity contribution in [2.24, 2.45) is 16.2 Å². The van der Waals surface area contributed by atoms with Gasteiger partial charge in [-0.1, -0.05) is 62.3 Å². The van der Waals surface area contributed by atoms with Crippen LogP contribution < -0.4 is 0 Å². The highest BCUT2D eigenvalue weighted by atomic mass is 31.3. The number of hydrogen-bond donors (Lipinski definition) is 0. The quantitative estimate of drug-likeness (QED) is 0.390. The summed E-state index contributed by atoms with van der Waals surface area (Å²) >= 11 is 0. The van der Waals surface area contributed by atoms with E-state index in [4.69, 9.17) is 13.6 Å². The van der Waals surface area contributed by atoms with Crippen LogP contribution in [-0.2, 0) is 13.6 Å². The van der Waals surface area contributed by atoms with Crippen LogP contribution in [0.3, 0.4) is 0 Å². The lowest BCUT2D eigenvalue weighted by Gasteiger charge is -2.59. The van der Waals surface area contributed by atoms with Crippen LogP contribution in [0.25, 0.3) is 0 Å². The molecule has 1 aliphatic rings. The molecule has 0 aromatic rings. The summed E-state index contributed by atoms with van der Waals surface area (Å²) in [6.45, 7) is 30.2. The van der Waals surface area contributed by atoms with Gasteiger partial charge in [0, 0.05) is 44.3 Å². The summed E-state index contributed by atoms with van der Waals surface area (Å²) < 4.78 is 19.8. The van der Waals surface area contributed by atoms with Crippen molar-refractivity contribution in [2.75, 3.05) is 19.8 Å². The van der Waals surface area contributed by atoms with Gasteiger partial charge in [0.1, 0.15) is 0 Å². The molecule has 3 nitrogen and oxygen atoms in total. The molecule has 0 unspecified atom stereocenters. The molecule has 0 spiro atoms. The Morgan fingerprint density at radius 3 is 0.778 bits per heavy atom. The highest BCUT2D eigenvalue weighted by molar-refractivity contribution is 7.89. The maximum absolute atomic E-state index is 6.61. The molecule has 0 atom stereocenters. The molecule has 0 N–H and O–H groups in total. The van der Waals surface area contributed by atoms with Gasteiger partial charge in [-0.3, -0.25) is 0 Å². The largest absolute Gasteiger partial charge is 0.358 e. The third-order valence-electron chi connectivity index (χ3n) is 4.60. The van der Waals surface area contributed by atoms with Gasteiger partial charge in [0.25, 0.3) is 0 Å². The van der Waals surface area contributed by atoms with Crippen LogP contribution >= 0.6 is 24.4 Å². The van der Waals surface area contributed by atoms with Gasteiger partial charge in [-0.2, -0.15) is 0 Å². The Kier molecular flexibility index (Phi) is 9.69. The van der Waals surface area contributed by atoms with E-state index in [0.717, 1.165) is 19.8 Å². The fourth-order valence-electron chi connectivity index (χ4n) is 3.90. The Bertz CT molecular complexity index is 372. The zero-order chi connectivity index (χ0) is 21.2. The van der Waals surface area contributed by atoms with Gasteiger partial charge in [-0.25, -0.2) is 0 Å². The maximum Gasteiger partial charge on any atom is 0.0540 e. The first-order chi connectivity index (χ1) is 12.2. The summed E-state index contributed by atoms with van der Waals surface area (Å²) in [6, 6.07) is 0. The van der Waals surface area contributed by atoms with E-state index >= 15 is 0 Å². The summed E-state index contributed by atoms with van der Waals surface area (Å²) in [4.78, 5) is 0. The van der Waals surface area contributed by atoms with Crippen molar-refractivity contribution in [2.45, 2.75) is 99.3 Å². The molecule has 6 heteroatoms. The first-order valence-electron chi connectivity index (χ1n) is 10.5. The van der Waals surface area contributed by atoms with Gasteiger partial charge in [0.2, 0.25) is 0 Å². The normalized spacial score (nSPS) is 33.3. The van der Waals surface area contributed by atoms with Crippen molar-refractivity contribution in [3.05, 3.63) is 0 Å². The first-order valence-corrected chi connectivity index (χ1v) is 14.6. The second-order valence-electron chi connectivity index (χ2n) is 10.6. The van der Waals surface area contributed by atoms with Crippen molar-refractivity contribution in [1.29, 1.82) is 0 Å². The molecule has 1 heterocycles. The van der Waals surface area contributed by atoms with Crippen LogP contribution in [0.4, 0.5) is 0 Å². The fourth-order valence-corrected chi connectivity index (χ4v) is 18.3. The summed E-state index contributed by atoms with van der Waals surface area (Å²) in [5.41, 5.74) is 0.465. The molecule has 0 aromatic heterocycles. The molecular weight excluding hydrogens is 393 g/mol. The lowest BCUT2D eigenvalue weighted by molar-refractivity contribution is 0.287. The molecule has 0 amide bonds. The lowest BCUT2D eigenvalue weighted by atomic mass is 9.99. The van der Waals surface area contributed by atoms with E-state index in [1.807, 2.05) is 0 Å². The van der Waals surface area contributed by atoms with E-state index in [2.05, 4.69) is 83.1 Å². The van der Waals surface area contributed by atoms with Crippen molar-refractivity contribution in [3.63, 3.8) is 0 Å². The van der Waals surface area contributed by atoms with Crippen LogP contribution in [0, 0.1) is 16.2 Å². The number of rotatable bonds is 6. The highest BCUT2D eigenvalue weighted by Gasteiger charge is 2.61. The van der Waals surface area contributed by atoms with Crippen LogP contribution in [0.1, 0.15) is 83.1 Å². The Balaban J connectivity index is 3.70. The third-order valence-corrected chi connectivity index (χ3v) is 17.9. The van der Waals surface area contributed by atoms with Crippen LogP contribution in [-0.4, -0.2) is 36.0 Å². The Labute approximate surface area is 173 Å². The van der Waals surface area contributed by atoms with E-state index in [-0.39, 0.29) is 16.2 Å². The molecule has 1 saturated heterocycles. The average Bonchev–Trinajstić information content (AvgIpc) is 2.43. The molecule has 1 rings (SSSR count). The highest BCUT2D eigenvalue weighted by Crippen LogP contribution is 2.87. The minimum atomic E-state index is -0.643. The van der Waals surface area contributed by atoms with E-state index in [9.17, 15) is 0 Å². The molecule has 0 radical (unpaired) electrons. The van der Waals surface area contributed by atoms with Crippen molar-refractivity contribution >= 4 is 24.4 Å². The molecule has 162 valence electrons. The Hall–Kier alpha value is 1.17. The van der Waals surface area contributed by atoms with Gasteiger partial charge < -0.3 is 13.6 Å². The average molecular weight is 439 g/mol. The van der Waals surface area contributed by atoms with Gasteiger partial charge in [-0.05, 0) is 37.0 Å². The molecule has 1 fully saturated rings. The number of hydrogen-bond acceptors (Lipinski definition) is 3. The monoisotopic (exact) mass is 438 g/mol. The van der Waals surface area contributed by atoms with Gasteiger partial charge in [-0.15, -0.1) is 0 Å². The molecule has 0 aliphatic carbocycles. The first kappa shape index (κ1) is 26.2. The molecule has 0 saturated carbocycles. The second-order valence-corrected chi connectivity index (χ2v) is 17.8. The van der Waals surface area contributed by atoms with E-state index in [1.165, 1.54) is 0 Å². The molecule has 0 bridgehead atoms. The minimum absolute atomic E-state index is 0.155. The Morgan fingerprint density at radius 2 is 0.667 bits per heavy atom. The van der Waals surface area contributed by atoms with E-state index in [1.54, 1.807) is 0 Å². The zero-order valence-corrected chi connectivity index (χ0v) is 22.6. The fraction of sp³-hybridized carbons (Fsp3) is 1.00. The SMILES string of the molecule is CCOP1C(C(C)(C)C)P(OCC)C(C(C)(C)C)P(OCC)C1C(C)(C)C. The molecule has 1 aliphatic heterocycles. The van der Waals surface area contributed by atoms with Crippen molar-refractivity contribution in [1.82, 2.24) is 0 Å². The molecule has 0 aromatic carbocycles. The summed E-state index contributed by atoms with van der Waals surface area (Å²) in [5, 5.41) is 1.40. The summed E-state index contributed by atoms with van der Waals surface area (Å²) in [7, 11) is -1.93. The lowest BCUT2D eigenvalue weighted by Crippen LogP contribution is -2.44. The van der Waals surface area contributed by atoms with Crippen molar-refractivity contribution in [3.8, 4) is 0 Å². The predicted molar refractivity (Wildman–Crippen MR) is 125 cm³/mol. The standard InChI is InChI=1S/C21H45O3P3/c1-13-22-25-16(19(4,5)6)26(23-14-2)18(21(10,11)12)27(24-15-3)17(25)20(7,8)9/h16-18H,13-15H2,1-12H3. The summed E-state index contributed by atoms with van der Waals surface area (Å²) in [5.74, 6) is 0. The minimum Gasteiger partial charge on any atom is -0.358 e. The molecule has 27 heavy (non-hydrogen) atoms. The second kappa shape index (κ2) is 9.98. The van der Waals surface area contributed by atoms with E-state index in [0.29, 0.717) is 16.2 Å².